The van der Waals surface area contributed by atoms with Gasteiger partial charge >= 0.3 is 0 Å². The smallest absolute Gasteiger partial charge is 0.228 e. The molecule has 2 heterocycles. The SMILES string of the molecule is CNC(=O)[C@@]1(Cc2ccccc2-c2cccs2)CCN(C(=O)Cc2ccc(F)cc2)C1. The van der Waals surface area contributed by atoms with Crippen molar-refractivity contribution in [1.29, 1.82) is 0 Å². The number of rotatable bonds is 6. The van der Waals surface area contributed by atoms with Crippen molar-refractivity contribution in [2.75, 3.05) is 20.1 Å². The fourth-order valence-electron chi connectivity index (χ4n) is 4.36. The summed E-state index contributed by atoms with van der Waals surface area (Å²) in [6.07, 6.45) is 1.39. The molecule has 1 aliphatic heterocycles. The van der Waals surface area contributed by atoms with Crippen LogP contribution in [0, 0.1) is 11.2 Å². The van der Waals surface area contributed by atoms with E-state index in [4.69, 9.17) is 0 Å². The first-order valence-corrected chi connectivity index (χ1v) is 11.2. The van der Waals surface area contributed by atoms with Crippen LogP contribution >= 0.6 is 11.3 Å². The standard InChI is InChI=1S/C25H25FN2O2S/c1-27-24(30)25(16-19-5-2-3-6-21(19)22-7-4-14-31-22)12-13-28(17-25)23(29)15-18-8-10-20(26)11-9-18/h2-11,14H,12-13,15-17H2,1H3,(H,27,30)/t25-/m1/s1. The minimum Gasteiger partial charge on any atom is -0.359 e. The van der Waals surface area contributed by atoms with E-state index in [1.165, 1.54) is 17.0 Å². The summed E-state index contributed by atoms with van der Waals surface area (Å²) in [5.74, 6) is -0.394. The number of nitrogens with zero attached hydrogens (tertiary/aromatic N) is 1. The van der Waals surface area contributed by atoms with Gasteiger partial charge in [0.2, 0.25) is 11.8 Å². The molecule has 1 aromatic heterocycles. The van der Waals surface area contributed by atoms with E-state index >= 15 is 0 Å². The predicted molar refractivity (Wildman–Crippen MR) is 121 cm³/mol. The van der Waals surface area contributed by atoms with Crippen LogP contribution in [0.3, 0.4) is 0 Å². The molecule has 1 saturated heterocycles. The van der Waals surface area contributed by atoms with Gasteiger partial charge in [0, 0.05) is 25.0 Å². The van der Waals surface area contributed by atoms with Gasteiger partial charge in [-0.1, -0.05) is 42.5 Å². The molecule has 0 spiro atoms. The molecule has 31 heavy (non-hydrogen) atoms. The highest BCUT2D eigenvalue weighted by atomic mass is 32.1. The van der Waals surface area contributed by atoms with Crippen molar-refractivity contribution in [3.63, 3.8) is 0 Å². The van der Waals surface area contributed by atoms with Crippen molar-refractivity contribution in [2.45, 2.75) is 19.3 Å². The third-order valence-electron chi connectivity index (χ3n) is 6.02. The summed E-state index contributed by atoms with van der Waals surface area (Å²) in [5.41, 5.74) is 2.35. The first kappa shape index (κ1) is 21.2. The summed E-state index contributed by atoms with van der Waals surface area (Å²) in [5, 5.41) is 4.87. The Morgan fingerprint density at radius 2 is 1.87 bits per heavy atom. The number of likely N-dealkylation sites (tertiary alicyclic amines) is 1. The van der Waals surface area contributed by atoms with Gasteiger partial charge in [-0.25, -0.2) is 4.39 Å². The average Bonchev–Trinajstić information content (AvgIpc) is 3.46. The van der Waals surface area contributed by atoms with Crippen LogP contribution in [0.2, 0.25) is 0 Å². The fraction of sp³-hybridized carbons (Fsp3) is 0.280. The normalized spacial score (nSPS) is 18.2. The van der Waals surface area contributed by atoms with Gasteiger partial charge in [0.1, 0.15) is 5.82 Å². The lowest BCUT2D eigenvalue weighted by Gasteiger charge is -2.28. The summed E-state index contributed by atoms with van der Waals surface area (Å²) < 4.78 is 13.2. The van der Waals surface area contributed by atoms with Crippen LogP contribution in [-0.2, 0) is 22.4 Å². The highest BCUT2D eigenvalue weighted by molar-refractivity contribution is 7.13. The molecule has 4 nitrogen and oxygen atoms in total. The molecule has 6 heteroatoms. The largest absolute Gasteiger partial charge is 0.359 e. The van der Waals surface area contributed by atoms with Gasteiger partial charge in [-0.3, -0.25) is 9.59 Å². The second kappa shape index (κ2) is 9.02. The summed E-state index contributed by atoms with van der Waals surface area (Å²) in [7, 11) is 1.65. The number of benzene rings is 2. The Morgan fingerprint density at radius 1 is 1.10 bits per heavy atom. The Labute approximate surface area is 185 Å². The maximum atomic E-state index is 13.2. The number of nitrogens with one attached hydrogen (secondary N) is 1. The minimum atomic E-state index is -0.666. The van der Waals surface area contributed by atoms with Crippen molar-refractivity contribution >= 4 is 23.2 Å². The monoisotopic (exact) mass is 436 g/mol. The maximum absolute atomic E-state index is 13.2. The van der Waals surface area contributed by atoms with Crippen molar-refractivity contribution in [2.24, 2.45) is 5.41 Å². The third-order valence-corrected chi connectivity index (χ3v) is 6.92. The van der Waals surface area contributed by atoms with E-state index in [1.807, 2.05) is 23.6 Å². The van der Waals surface area contributed by atoms with Crippen LogP contribution in [0.4, 0.5) is 4.39 Å². The van der Waals surface area contributed by atoms with E-state index in [1.54, 1.807) is 35.4 Å². The fourth-order valence-corrected chi connectivity index (χ4v) is 5.15. The van der Waals surface area contributed by atoms with Gasteiger partial charge in [0.05, 0.1) is 11.8 Å². The van der Waals surface area contributed by atoms with Crippen LogP contribution in [0.25, 0.3) is 10.4 Å². The Morgan fingerprint density at radius 3 is 2.58 bits per heavy atom. The van der Waals surface area contributed by atoms with Crippen molar-refractivity contribution < 1.29 is 14.0 Å². The number of halogens is 1. The Kier molecular flexibility index (Phi) is 6.18. The summed E-state index contributed by atoms with van der Waals surface area (Å²) in [6.45, 7) is 0.917. The number of amides is 2. The molecule has 0 aliphatic carbocycles. The lowest BCUT2D eigenvalue weighted by atomic mass is 9.78. The summed E-state index contributed by atoms with van der Waals surface area (Å²) in [6, 6.07) is 18.3. The highest BCUT2D eigenvalue weighted by Gasteiger charge is 2.45. The summed E-state index contributed by atoms with van der Waals surface area (Å²) in [4.78, 5) is 28.9. The summed E-state index contributed by atoms with van der Waals surface area (Å²) >= 11 is 1.68. The van der Waals surface area contributed by atoms with Crippen molar-refractivity contribution in [3.8, 4) is 10.4 Å². The third kappa shape index (κ3) is 4.54. The molecular weight excluding hydrogens is 411 g/mol. The molecule has 0 bridgehead atoms. The second-order valence-corrected chi connectivity index (χ2v) is 8.99. The van der Waals surface area contributed by atoms with Gasteiger partial charge in [-0.15, -0.1) is 11.3 Å². The quantitative estimate of drug-likeness (QED) is 0.626. The van der Waals surface area contributed by atoms with E-state index < -0.39 is 5.41 Å². The number of carbonyl (C=O) groups is 2. The molecule has 3 aromatic rings. The predicted octanol–water partition coefficient (Wildman–Crippen LogP) is 4.30. The molecule has 4 rings (SSSR count). The van der Waals surface area contributed by atoms with E-state index in [2.05, 4.69) is 23.5 Å². The van der Waals surface area contributed by atoms with Crippen LogP contribution in [0.15, 0.2) is 66.0 Å². The molecule has 2 aromatic carbocycles. The van der Waals surface area contributed by atoms with Crippen LogP contribution < -0.4 is 5.32 Å². The van der Waals surface area contributed by atoms with Gasteiger partial charge in [-0.05, 0) is 53.1 Å². The van der Waals surface area contributed by atoms with Crippen LogP contribution in [-0.4, -0.2) is 36.9 Å². The number of carbonyl (C=O) groups excluding carboxylic acids is 2. The van der Waals surface area contributed by atoms with E-state index in [0.717, 1.165) is 16.7 Å². The molecule has 1 atom stereocenters. The first-order chi connectivity index (χ1) is 15.0. The lowest BCUT2D eigenvalue weighted by molar-refractivity contribution is -0.132. The molecule has 1 N–H and O–H groups in total. The zero-order valence-electron chi connectivity index (χ0n) is 17.4. The second-order valence-electron chi connectivity index (χ2n) is 8.04. The average molecular weight is 437 g/mol. The minimum absolute atomic E-state index is 0.0365. The van der Waals surface area contributed by atoms with Crippen LogP contribution in [0.5, 0.6) is 0 Å². The Hall–Kier alpha value is -2.99. The Bertz CT molecular complexity index is 1070. The number of hydrogen-bond acceptors (Lipinski definition) is 3. The first-order valence-electron chi connectivity index (χ1n) is 10.4. The van der Waals surface area contributed by atoms with Crippen LogP contribution in [0.1, 0.15) is 17.5 Å². The zero-order chi connectivity index (χ0) is 21.8. The molecule has 0 unspecified atom stereocenters. The molecule has 1 fully saturated rings. The number of thiophene rings is 1. The van der Waals surface area contributed by atoms with Gasteiger partial charge in [0.25, 0.3) is 0 Å². The van der Waals surface area contributed by atoms with Gasteiger partial charge in [-0.2, -0.15) is 0 Å². The molecule has 1 aliphatic rings. The van der Waals surface area contributed by atoms with E-state index in [9.17, 15) is 14.0 Å². The van der Waals surface area contributed by atoms with Crippen molar-refractivity contribution in [3.05, 3.63) is 83.0 Å². The molecule has 160 valence electrons. The molecular formula is C25H25FN2O2S. The van der Waals surface area contributed by atoms with Gasteiger partial charge in [0.15, 0.2) is 0 Å². The number of hydrogen-bond donors (Lipinski definition) is 1. The molecule has 0 radical (unpaired) electrons. The molecule has 0 saturated carbocycles. The lowest BCUT2D eigenvalue weighted by Crippen LogP contribution is -2.44. The maximum Gasteiger partial charge on any atom is 0.228 e. The highest BCUT2D eigenvalue weighted by Crippen LogP contribution is 2.38. The van der Waals surface area contributed by atoms with Crippen molar-refractivity contribution in [1.82, 2.24) is 10.2 Å². The zero-order valence-corrected chi connectivity index (χ0v) is 18.3. The Balaban J connectivity index is 1.55. The van der Waals surface area contributed by atoms with E-state index in [0.29, 0.717) is 25.9 Å². The van der Waals surface area contributed by atoms with Gasteiger partial charge < -0.3 is 10.2 Å². The molecule has 2 amide bonds. The topological polar surface area (TPSA) is 49.4 Å². The van der Waals surface area contributed by atoms with E-state index in [-0.39, 0.29) is 24.1 Å².